The van der Waals surface area contributed by atoms with Crippen LogP contribution < -0.4 is 4.74 Å². The molecule has 0 aliphatic carbocycles. The molecule has 2 rings (SSSR count). The van der Waals surface area contributed by atoms with Gasteiger partial charge in [-0.2, -0.15) is 0 Å². The minimum Gasteiger partial charge on any atom is -0.591 e. The van der Waals surface area contributed by atoms with E-state index in [4.69, 9.17) is 4.74 Å². The van der Waals surface area contributed by atoms with Crippen LogP contribution in [0.5, 0.6) is 11.5 Å². The third-order valence-electron chi connectivity index (χ3n) is 2.80. The van der Waals surface area contributed by atoms with Crippen LogP contribution in [0.3, 0.4) is 0 Å². The Balaban J connectivity index is 2.10. The van der Waals surface area contributed by atoms with E-state index in [1.807, 2.05) is 64.1 Å². The second-order valence-electron chi connectivity index (χ2n) is 5.91. The monoisotopic (exact) mass is 316 g/mol. The first-order chi connectivity index (χ1) is 10.3. The number of benzene rings is 1. The quantitative estimate of drug-likeness (QED) is 0.631. The summed E-state index contributed by atoms with van der Waals surface area (Å²) in [6.07, 6.45) is 3.30. The van der Waals surface area contributed by atoms with Gasteiger partial charge < -0.3 is 9.29 Å². The Bertz CT molecular complexity index is 648. The molecule has 22 heavy (non-hydrogen) atoms. The molecule has 0 saturated carbocycles. The van der Waals surface area contributed by atoms with Gasteiger partial charge in [0.2, 0.25) is 0 Å². The average molecular weight is 316 g/mol. The molecule has 0 fully saturated rings. The minimum absolute atomic E-state index is 0.363. The van der Waals surface area contributed by atoms with Gasteiger partial charge in [-0.05, 0) is 52.0 Å². The molecule has 0 aliphatic heterocycles. The van der Waals surface area contributed by atoms with Crippen molar-refractivity contribution >= 4 is 17.6 Å². The zero-order valence-electron chi connectivity index (χ0n) is 13.2. The van der Waals surface area contributed by atoms with Gasteiger partial charge in [0.1, 0.15) is 27.6 Å². The summed E-state index contributed by atoms with van der Waals surface area (Å²) in [5.74, 6) is 1.37. The number of aryl methyl sites for hydroxylation is 1. The van der Waals surface area contributed by atoms with Crippen LogP contribution in [0.15, 0.2) is 47.0 Å². The molecule has 0 spiro atoms. The molecular weight excluding hydrogens is 296 g/mol. The highest BCUT2D eigenvalue weighted by molar-refractivity contribution is 7.91. The van der Waals surface area contributed by atoms with E-state index in [9.17, 15) is 4.55 Å². The summed E-state index contributed by atoms with van der Waals surface area (Å²) in [6, 6.07) is 11.2. The summed E-state index contributed by atoms with van der Waals surface area (Å²) in [6.45, 7) is 7.61. The zero-order chi connectivity index (χ0) is 16.2. The van der Waals surface area contributed by atoms with Crippen LogP contribution >= 0.6 is 0 Å². The predicted molar refractivity (Wildman–Crippen MR) is 91.0 cm³/mol. The molecule has 0 N–H and O–H groups in total. The fourth-order valence-corrected chi connectivity index (χ4v) is 2.11. The molecule has 0 bridgehead atoms. The Labute approximate surface area is 134 Å². The lowest BCUT2D eigenvalue weighted by atomic mass is 10.2. The number of nitrogens with zero attached hydrogens (tertiary/aromatic N) is 2. The molecule has 2 aromatic rings. The average Bonchev–Trinajstić information content (AvgIpc) is 2.46. The number of aromatic nitrogens is 1. The van der Waals surface area contributed by atoms with Crippen molar-refractivity contribution in [1.82, 2.24) is 4.98 Å². The lowest BCUT2D eigenvalue weighted by molar-refractivity contribution is 0.480. The highest BCUT2D eigenvalue weighted by atomic mass is 32.2. The number of ether oxygens (including phenoxy) is 1. The Morgan fingerprint density at radius 1 is 1.18 bits per heavy atom. The summed E-state index contributed by atoms with van der Waals surface area (Å²) >= 11 is -1.27. The fourth-order valence-electron chi connectivity index (χ4n) is 1.58. The van der Waals surface area contributed by atoms with Crippen molar-refractivity contribution in [1.29, 1.82) is 0 Å². The second kappa shape index (κ2) is 6.94. The summed E-state index contributed by atoms with van der Waals surface area (Å²) in [7, 11) is 0. The third-order valence-corrected chi connectivity index (χ3v) is 4.14. The van der Waals surface area contributed by atoms with Crippen molar-refractivity contribution in [2.24, 2.45) is 4.40 Å². The normalized spacial score (nSPS) is 13.3. The van der Waals surface area contributed by atoms with Crippen LogP contribution in [0.1, 0.15) is 32.0 Å². The van der Waals surface area contributed by atoms with Crippen LogP contribution in [0.25, 0.3) is 0 Å². The third kappa shape index (κ3) is 4.86. The van der Waals surface area contributed by atoms with Gasteiger partial charge in [0.25, 0.3) is 0 Å². The highest BCUT2D eigenvalue weighted by Gasteiger charge is 2.25. The Morgan fingerprint density at radius 2 is 1.95 bits per heavy atom. The maximum absolute atomic E-state index is 11.9. The first-order valence-corrected chi connectivity index (χ1v) is 8.12. The Kier molecular flexibility index (Phi) is 5.21. The van der Waals surface area contributed by atoms with Gasteiger partial charge in [-0.15, -0.1) is 0 Å². The minimum atomic E-state index is -1.27. The SMILES string of the molecule is Cc1ccc(Oc2cccc(C=N[S@+]([O-])C(C)(C)C)c2)cn1. The summed E-state index contributed by atoms with van der Waals surface area (Å²) in [5, 5.41) is 0. The second-order valence-corrected chi connectivity index (χ2v) is 7.84. The van der Waals surface area contributed by atoms with E-state index in [-0.39, 0.29) is 4.75 Å². The molecule has 0 unspecified atom stereocenters. The van der Waals surface area contributed by atoms with Crippen molar-refractivity contribution in [2.45, 2.75) is 32.4 Å². The molecule has 0 saturated heterocycles. The fraction of sp³-hybridized carbons (Fsp3) is 0.294. The smallest absolute Gasteiger partial charge is 0.145 e. The maximum Gasteiger partial charge on any atom is 0.145 e. The molecule has 5 heteroatoms. The molecule has 4 nitrogen and oxygen atoms in total. The molecule has 1 heterocycles. The number of hydrogen-bond acceptors (Lipinski definition) is 4. The topological polar surface area (TPSA) is 57.5 Å². The molecule has 1 atom stereocenters. The van der Waals surface area contributed by atoms with Crippen molar-refractivity contribution in [3.63, 3.8) is 0 Å². The first kappa shape index (κ1) is 16.5. The van der Waals surface area contributed by atoms with Crippen molar-refractivity contribution in [3.05, 3.63) is 53.9 Å². The number of rotatable bonds is 4. The van der Waals surface area contributed by atoms with Crippen molar-refractivity contribution in [3.8, 4) is 11.5 Å². The largest absolute Gasteiger partial charge is 0.591 e. The summed E-state index contributed by atoms with van der Waals surface area (Å²) in [4.78, 5) is 4.19. The molecule has 0 aliphatic rings. The summed E-state index contributed by atoms with van der Waals surface area (Å²) < 4.78 is 21.4. The van der Waals surface area contributed by atoms with Crippen LogP contribution in [0, 0.1) is 6.92 Å². The van der Waals surface area contributed by atoms with Crippen molar-refractivity contribution < 1.29 is 9.29 Å². The van der Waals surface area contributed by atoms with Crippen LogP contribution in [0.2, 0.25) is 0 Å². The molecular formula is C17H20N2O2S. The van der Waals surface area contributed by atoms with E-state index in [1.165, 1.54) is 0 Å². The molecule has 0 amide bonds. The molecule has 1 aromatic carbocycles. The standard InChI is InChI=1S/C17H20N2O2S/c1-13-8-9-16(12-18-13)21-15-7-5-6-14(10-15)11-19-22(20)17(2,3)4/h5-12H,1-4H3/t22-/m1/s1. The van der Waals surface area contributed by atoms with E-state index in [2.05, 4.69) is 9.38 Å². The lowest BCUT2D eigenvalue weighted by Crippen LogP contribution is -2.25. The van der Waals surface area contributed by atoms with Gasteiger partial charge in [-0.1, -0.05) is 16.5 Å². The van der Waals surface area contributed by atoms with E-state index in [0.717, 1.165) is 11.3 Å². The van der Waals surface area contributed by atoms with Gasteiger partial charge in [0.15, 0.2) is 0 Å². The lowest BCUT2D eigenvalue weighted by Gasteiger charge is -2.17. The zero-order valence-corrected chi connectivity index (χ0v) is 14.1. The Hall–Kier alpha value is -1.85. The van der Waals surface area contributed by atoms with E-state index in [0.29, 0.717) is 11.5 Å². The van der Waals surface area contributed by atoms with Crippen molar-refractivity contribution in [2.75, 3.05) is 0 Å². The predicted octanol–water partition coefficient (Wildman–Crippen LogP) is 4.06. The van der Waals surface area contributed by atoms with Gasteiger partial charge in [-0.25, -0.2) is 0 Å². The molecule has 116 valence electrons. The molecule has 0 radical (unpaired) electrons. The van der Waals surface area contributed by atoms with Gasteiger partial charge in [0, 0.05) is 11.3 Å². The van der Waals surface area contributed by atoms with Crippen LogP contribution in [0.4, 0.5) is 0 Å². The van der Waals surface area contributed by atoms with E-state index < -0.39 is 11.4 Å². The highest BCUT2D eigenvalue weighted by Crippen LogP contribution is 2.22. The molecule has 1 aromatic heterocycles. The Morgan fingerprint density at radius 3 is 2.59 bits per heavy atom. The number of pyridine rings is 1. The maximum atomic E-state index is 11.9. The van der Waals surface area contributed by atoms with E-state index in [1.54, 1.807) is 12.4 Å². The first-order valence-electron chi connectivity index (χ1n) is 7.01. The van der Waals surface area contributed by atoms with Crippen LogP contribution in [-0.2, 0) is 11.4 Å². The van der Waals surface area contributed by atoms with Gasteiger partial charge >= 0.3 is 0 Å². The number of hydrogen-bond donors (Lipinski definition) is 0. The van der Waals surface area contributed by atoms with Gasteiger partial charge in [0.05, 0.1) is 12.4 Å². The van der Waals surface area contributed by atoms with Crippen LogP contribution in [-0.4, -0.2) is 20.5 Å². The van der Waals surface area contributed by atoms with E-state index >= 15 is 0 Å². The summed E-state index contributed by atoms with van der Waals surface area (Å²) in [5.41, 5.74) is 1.79. The van der Waals surface area contributed by atoms with Gasteiger partial charge in [-0.3, -0.25) is 4.98 Å².